The standard InChI is InChI=1S/C57H90O11SSi/c1-15-35(2)29-51-41(8)47(34-69(60,61)46-19-17-16-18-20-46)53(66-51)33-52-38(5)36(3)30-44(64-52)24-27-48-37(4)31-43(63-48)23-21-42(58)22-26-50(68-70(13,14)57(9,10)11)56-40(7)39(6)55-49(67-56)28-25-45(65-55)32-54(59)62-12/h16-20,22,26,35-36,39-41,43-45,47-53,55-56H,4-5,15,21,23-25,27-34H2,1-3,6-14H3/b26-22+/t35-,36-,39-,40+,41-,43+,44+,45-,47-,48?,49?,50+,51-,52?,53+,55?,56-/m1/s1. The predicted octanol–water partition coefficient (Wildman–Crippen LogP) is 11.6. The molecule has 5 fully saturated rings. The van der Waals surface area contributed by atoms with E-state index in [2.05, 4.69) is 88.6 Å². The lowest BCUT2D eigenvalue weighted by molar-refractivity contribution is -0.238. The van der Waals surface area contributed by atoms with Crippen LogP contribution in [-0.4, -0.2) is 108 Å². The number of sulfone groups is 1. The fourth-order valence-corrected chi connectivity index (χ4v) is 14.4. The Morgan fingerprint density at radius 3 is 2.24 bits per heavy atom. The monoisotopic (exact) mass is 1010 g/mol. The number of fused-ring (bicyclic) bond motifs is 1. The molecule has 1 aromatic carbocycles. The fraction of sp³-hybridized carbons (Fsp3) is 0.754. The molecule has 17 atom stereocenters. The number of esters is 1. The maximum absolute atomic E-state index is 13.8. The van der Waals surface area contributed by atoms with Crippen molar-refractivity contribution >= 4 is 29.9 Å². The van der Waals surface area contributed by atoms with Gasteiger partial charge in [-0.25, -0.2) is 8.42 Å². The molecule has 5 heterocycles. The number of carbonyl (C=O) groups is 2. The Bertz CT molecular complexity index is 2060. The normalized spacial score (nSPS) is 35.2. The summed E-state index contributed by atoms with van der Waals surface area (Å²) in [6.07, 6.45) is 10.2. The third-order valence-corrected chi connectivity index (χ3v) is 23.8. The van der Waals surface area contributed by atoms with Crippen molar-refractivity contribution in [1.29, 1.82) is 0 Å². The van der Waals surface area contributed by atoms with Gasteiger partial charge >= 0.3 is 5.97 Å². The van der Waals surface area contributed by atoms with E-state index in [-0.39, 0.29) is 120 Å². The van der Waals surface area contributed by atoms with E-state index < -0.39 is 24.3 Å². The molecular formula is C57H90O11SSi. The van der Waals surface area contributed by atoms with Crippen LogP contribution >= 0.6 is 0 Å². The molecule has 5 aliphatic rings. The zero-order chi connectivity index (χ0) is 51.3. The summed E-state index contributed by atoms with van der Waals surface area (Å²) >= 11 is 0. The molecule has 13 heteroatoms. The van der Waals surface area contributed by atoms with Gasteiger partial charge in [-0.3, -0.25) is 9.59 Å². The van der Waals surface area contributed by atoms with Crippen LogP contribution in [0.4, 0.5) is 0 Å². The van der Waals surface area contributed by atoms with Crippen molar-refractivity contribution in [2.45, 2.75) is 230 Å². The van der Waals surface area contributed by atoms with Crippen LogP contribution in [0.2, 0.25) is 18.1 Å². The molecule has 0 amide bonds. The van der Waals surface area contributed by atoms with Crippen LogP contribution < -0.4 is 0 Å². The topological polar surface area (TPSA) is 133 Å². The van der Waals surface area contributed by atoms with E-state index in [9.17, 15) is 18.0 Å². The van der Waals surface area contributed by atoms with E-state index in [1.165, 1.54) is 7.11 Å². The summed E-state index contributed by atoms with van der Waals surface area (Å²) in [6, 6.07) is 8.78. The highest BCUT2D eigenvalue weighted by Crippen LogP contribution is 2.45. The number of carbonyl (C=O) groups excluding carboxylic acids is 2. The van der Waals surface area contributed by atoms with Crippen molar-refractivity contribution < 1.29 is 50.9 Å². The number of hydrogen-bond acceptors (Lipinski definition) is 11. The van der Waals surface area contributed by atoms with Gasteiger partial charge in [0.05, 0.1) is 91.3 Å². The lowest BCUT2D eigenvalue weighted by Crippen LogP contribution is -2.58. The van der Waals surface area contributed by atoms with Gasteiger partial charge in [-0.2, -0.15) is 0 Å². The first-order valence-corrected chi connectivity index (χ1v) is 31.3. The van der Waals surface area contributed by atoms with Gasteiger partial charge in [-0.05, 0) is 128 Å². The van der Waals surface area contributed by atoms with Gasteiger partial charge in [0, 0.05) is 18.8 Å². The molecule has 4 unspecified atom stereocenters. The lowest BCUT2D eigenvalue weighted by atomic mass is 9.77. The maximum Gasteiger partial charge on any atom is 0.308 e. The average molecular weight is 1010 g/mol. The molecule has 70 heavy (non-hydrogen) atoms. The largest absolute Gasteiger partial charge is 0.469 e. The molecule has 6 rings (SSSR count). The molecule has 0 bridgehead atoms. The second-order valence-corrected chi connectivity index (χ2v) is 30.4. The van der Waals surface area contributed by atoms with Crippen molar-refractivity contribution in [3.05, 3.63) is 66.8 Å². The first-order valence-electron chi connectivity index (χ1n) is 26.8. The minimum absolute atomic E-state index is 0.00532. The van der Waals surface area contributed by atoms with Crippen LogP contribution in [0, 0.1) is 35.5 Å². The number of allylic oxidation sites excluding steroid dienone is 1. The fourth-order valence-electron chi connectivity index (χ4n) is 11.3. The minimum Gasteiger partial charge on any atom is -0.469 e. The summed E-state index contributed by atoms with van der Waals surface area (Å²) in [4.78, 5) is 26.1. The Hall–Kier alpha value is -2.49. The lowest BCUT2D eigenvalue weighted by Gasteiger charge is -2.51. The molecule has 0 saturated carbocycles. The van der Waals surface area contributed by atoms with Crippen LogP contribution in [0.3, 0.4) is 0 Å². The van der Waals surface area contributed by atoms with Crippen LogP contribution in [0.5, 0.6) is 0 Å². The highest BCUT2D eigenvalue weighted by Gasteiger charge is 2.50. The number of benzene rings is 1. The SMILES string of the molecule is C=C1C[C@H](CCC(=O)/C=C/[C@H](O[Si](C)(C)C(C)(C)C)[C@@H]2OC3CC[C@H](CC(=O)OC)OC3[C@H](C)[C@@H]2C)OC1CC[C@H]1C[C@@H](C)C(=C)C(C[C@@H]2O[C@H](C[C@H](C)CC)[C@H](C)[C@H]2CS(=O)(=O)c2ccccc2)O1. The highest BCUT2D eigenvalue weighted by atomic mass is 32.2. The molecule has 0 N–H and O–H groups in total. The van der Waals surface area contributed by atoms with E-state index in [0.717, 1.165) is 62.5 Å². The Morgan fingerprint density at radius 1 is 0.871 bits per heavy atom. The van der Waals surface area contributed by atoms with Gasteiger partial charge < -0.3 is 32.8 Å². The molecule has 0 aromatic heterocycles. The van der Waals surface area contributed by atoms with Crippen molar-refractivity contribution in [3.63, 3.8) is 0 Å². The van der Waals surface area contributed by atoms with Gasteiger partial charge in [-0.15, -0.1) is 0 Å². The van der Waals surface area contributed by atoms with E-state index in [0.29, 0.717) is 30.1 Å². The summed E-state index contributed by atoms with van der Waals surface area (Å²) in [5, 5.41) is -0.0414. The number of hydrogen-bond donors (Lipinski definition) is 0. The summed E-state index contributed by atoms with van der Waals surface area (Å²) < 4.78 is 73.1. The predicted molar refractivity (Wildman–Crippen MR) is 279 cm³/mol. The third-order valence-electron chi connectivity index (χ3n) is 17.5. The molecule has 11 nitrogen and oxygen atoms in total. The minimum atomic E-state index is -3.52. The first-order chi connectivity index (χ1) is 32.9. The van der Waals surface area contributed by atoms with E-state index in [1.807, 2.05) is 12.1 Å². The molecule has 0 radical (unpaired) electrons. The van der Waals surface area contributed by atoms with Gasteiger partial charge in [0.15, 0.2) is 23.9 Å². The van der Waals surface area contributed by atoms with Crippen LogP contribution in [0.15, 0.2) is 71.7 Å². The number of methoxy groups -OCH3 is 1. The van der Waals surface area contributed by atoms with Gasteiger partial charge in [0.2, 0.25) is 0 Å². The van der Waals surface area contributed by atoms with E-state index >= 15 is 0 Å². The summed E-state index contributed by atoms with van der Waals surface area (Å²) in [6.45, 7) is 33.3. The van der Waals surface area contributed by atoms with Crippen molar-refractivity contribution in [1.82, 2.24) is 0 Å². The van der Waals surface area contributed by atoms with Crippen molar-refractivity contribution in [3.8, 4) is 0 Å². The quantitative estimate of drug-likeness (QED) is 0.0504. The van der Waals surface area contributed by atoms with E-state index in [1.54, 1.807) is 30.3 Å². The zero-order valence-electron chi connectivity index (χ0n) is 44.9. The number of rotatable bonds is 21. The number of ketones is 1. The second kappa shape index (κ2) is 24.2. The molecular weight excluding hydrogens is 921 g/mol. The van der Waals surface area contributed by atoms with Crippen LogP contribution in [0.25, 0.3) is 0 Å². The summed E-state index contributed by atoms with van der Waals surface area (Å²) in [5.74, 6) is 0.704. The third kappa shape index (κ3) is 14.2. The Balaban J connectivity index is 1.03. The average Bonchev–Trinajstić information content (AvgIpc) is 3.81. The van der Waals surface area contributed by atoms with Crippen LogP contribution in [0.1, 0.15) is 139 Å². The Labute approximate surface area is 423 Å². The van der Waals surface area contributed by atoms with Gasteiger partial charge in [-0.1, -0.05) is 106 Å². The summed E-state index contributed by atoms with van der Waals surface area (Å²) in [5.41, 5.74) is 2.11. The smallest absolute Gasteiger partial charge is 0.308 e. The van der Waals surface area contributed by atoms with Crippen molar-refractivity contribution in [2.75, 3.05) is 12.9 Å². The first kappa shape index (κ1) is 56.8. The summed E-state index contributed by atoms with van der Waals surface area (Å²) in [7, 11) is -4.39. The highest BCUT2D eigenvalue weighted by molar-refractivity contribution is 7.91. The Kier molecular flexibility index (Phi) is 19.7. The number of ether oxygens (including phenoxy) is 6. The zero-order valence-corrected chi connectivity index (χ0v) is 46.7. The molecule has 394 valence electrons. The molecule has 5 saturated heterocycles. The molecule has 5 aliphatic heterocycles. The van der Waals surface area contributed by atoms with E-state index in [4.69, 9.17) is 32.8 Å². The maximum atomic E-state index is 13.8. The van der Waals surface area contributed by atoms with Gasteiger partial charge in [0.25, 0.3) is 0 Å². The molecule has 1 aromatic rings. The molecule has 0 spiro atoms. The second-order valence-electron chi connectivity index (χ2n) is 23.6. The molecule has 0 aliphatic carbocycles. The Morgan fingerprint density at radius 2 is 1.57 bits per heavy atom. The van der Waals surface area contributed by atoms with Crippen LogP contribution in [-0.2, 0) is 52.3 Å². The van der Waals surface area contributed by atoms with Gasteiger partial charge in [0.1, 0.15) is 0 Å². The van der Waals surface area contributed by atoms with Crippen molar-refractivity contribution in [2.24, 2.45) is 35.5 Å².